The van der Waals surface area contributed by atoms with Crippen molar-refractivity contribution in [3.05, 3.63) is 46.7 Å². The number of nitrogens with zero attached hydrogens (tertiary/aromatic N) is 2. The van der Waals surface area contributed by atoms with Gasteiger partial charge in [-0.05, 0) is 29.9 Å². The molecule has 0 radical (unpaired) electrons. The van der Waals surface area contributed by atoms with Crippen LogP contribution in [0.1, 0.15) is 25.1 Å². The van der Waals surface area contributed by atoms with Gasteiger partial charge in [0.2, 0.25) is 5.13 Å². The minimum atomic E-state index is -0.187. The molecule has 2 rings (SSSR count). The molecule has 1 heterocycles. The van der Waals surface area contributed by atoms with Gasteiger partial charge in [0.25, 0.3) is 0 Å². The average Bonchev–Trinajstić information content (AvgIpc) is 2.93. The number of nitrogens with two attached hydrogens (primary N) is 1. The standard InChI is InChI=1S/C16H20FN3S2/c1-11(2)15(18)20-16-19-14(10-22-16)9-21-8-7-12-3-5-13(17)6-4-12/h3-6,10-11H,7-9H2,1-2H3,(H2,18,19,20). The summed E-state index contributed by atoms with van der Waals surface area (Å²) in [7, 11) is 0. The topological polar surface area (TPSA) is 51.3 Å². The molecule has 2 N–H and O–H groups in total. The highest BCUT2D eigenvalue weighted by atomic mass is 32.2. The number of halogens is 1. The van der Waals surface area contributed by atoms with E-state index in [-0.39, 0.29) is 11.7 Å². The summed E-state index contributed by atoms with van der Waals surface area (Å²) in [5.41, 5.74) is 8.03. The fourth-order valence-electron chi connectivity index (χ4n) is 1.67. The van der Waals surface area contributed by atoms with Gasteiger partial charge in [-0.2, -0.15) is 11.8 Å². The number of aryl methyl sites for hydroxylation is 1. The molecule has 1 aromatic heterocycles. The number of thiazole rings is 1. The van der Waals surface area contributed by atoms with Crippen LogP contribution in [-0.2, 0) is 12.2 Å². The SMILES string of the molecule is CC(C)/C(N)=N\c1nc(CSCCc2ccc(F)cc2)cs1. The Labute approximate surface area is 138 Å². The summed E-state index contributed by atoms with van der Waals surface area (Å²) in [6.07, 6.45) is 0.931. The molecule has 0 saturated carbocycles. The Kier molecular flexibility index (Phi) is 6.39. The number of rotatable bonds is 7. The number of amidine groups is 1. The molecular formula is C16H20FN3S2. The lowest BCUT2D eigenvalue weighted by Gasteiger charge is -2.01. The van der Waals surface area contributed by atoms with E-state index in [0.29, 0.717) is 5.84 Å². The lowest BCUT2D eigenvalue weighted by atomic mass is 10.2. The maximum Gasteiger partial charge on any atom is 0.211 e. The van der Waals surface area contributed by atoms with E-state index < -0.39 is 0 Å². The van der Waals surface area contributed by atoms with Crippen LogP contribution in [0.15, 0.2) is 34.6 Å². The molecule has 6 heteroatoms. The number of hydrogen-bond donors (Lipinski definition) is 1. The Hall–Kier alpha value is -1.40. The summed E-state index contributed by atoms with van der Waals surface area (Å²) < 4.78 is 12.8. The molecule has 0 bridgehead atoms. The first kappa shape index (κ1) is 17.0. The molecule has 3 nitrogen and oxygen atoms in total. The van der Waals surface area contributed by atoms with Gasteiger partial charge >= 0.3 is 0 Å². The molecule has 0 aliphatic carbocycles. The summed E-state index contributed by atoms with van der Waals surface area (Å²) in [5.74, 6) is 2.50. The van der Waals surface area contributed by atoms with E-state index in [4.69, 9.17) is 5.73 Å². The van der Waals surface area contributed by atoms with Gasteiger partial charge in [0.05, 0.1) is 5.69 Å². The number of benzene rings is 1. The quantitative estimate of drug-likeness (QED) is 0.463. The number of aromatic nitrogens is 1. The average molecular weight is 337 g/mol. The van der Waals surface area contributed by atoms with Crippen LogP contribution in [0.3, 0.4) is 0 Å². The molecule has 2 aromatic rings. The Morgan fingerprint density at radius 1 is 1.36 bits per heavy atom. The lowest BCUT2D eigenvalue weighted by Crippen LogP contribution is -2.17. The van der Waals surface area contributed by atoms with Crippen LogP contribution in [0.5, 0.6) is 0 Å². The Morgan fingerprint density at radius 2 is 2.09 bits per heavy atom. The second-order valence-corrected chi connectivity index (χ2v) is 7.18. The third kappa shape index (κ3) is 5.42. The van der Waals surface area contributed by atoms with Crippen molar-refractivity contribution in [1.29, 1.82) is 0 Å². The number of thioether (sulfide) groups is 1. The van der Waals surface area contributed by atoms with Crippen LogP contribution in [0.4, 0.5) is 9.52 Å². The van der Waals surface area contributed by atoms with Crippen LogP contribution in [0.2, 0.25) is 0 Å². The van der Waals surface area contributed by atoms with E-state index in [1.165, 1.54) is 23.5 Å². The van der Waals surface area contributed by atoms with Crippen molar-refractivity contribution in [2.45, 2.75) is 26.0 Å². The maximum absolute atomic E-state index is 12.8. The van der Waals surface area contributed by atoms with Crippen molar-refractivity contribution < 1.29 is 4.39 Å². The van der Waals surface area contributed by atoms with Crippen LogP contribution in [-0.4, -0.2) is 16.6 Å². The van der Waals surface area contributed by atoms with Crippen LogP contribution < -0.4 is 5.73 Å². The van der Waals surface area contributed by atoms with Gasteiger partial charge in [0, 0.05) is 17.1 Å². The first-order valence-corrected chi connectivity index (χ1v) is 9.18. The largest absolute Gasteiger partial charge is 0.387 e. The minimum absolute atomic E-state index is 0.187. The fraction of sp³-hybridized carbons (Fsp3) is 0.375. The third-order valence-electron chi connectivity index (χ3n) is 3.05. The van der Waals surface area contributed by atoms with E-state index in [1.54, 1.807) is 0 Å². The highest BCUT2D eigenvalue weighted by Gasteiger charge is 2.04. The summed E-state index contributed by atoms with van der Waals surface area (Å²) in [4.78, 5) is 8.79. The Balaban J connectivity index is 1.77. The molecule has 0 atom stereocenters. The molecule has 0 fully saturated rings. The molecule has 118 valence electrons. The normalized spacial score (nSPS) is 12.1. The second-order valence-electron chi connectivity index (χ2n) is 5.24. The third-order valence-corrected chi connectivity index (χ3v) is 4.83. The minimum Gasteiger partial charge on any atom is -0.387 e. The van der Waals surface area contributed by atoms with Gasteiger partial charge in [-0.3, -0.25) is 0 Å². The summed E-state index contributed by atoms with van der Waals surface area (Å²) in [6.45, 7) is 4.03. The molecule has 0 saturated heterocycles. The predicted octanol–water partition coefficient (Wildman–Crippen LogP) is 4.40. The van der Waals surface area contributed by atoms with Crippen molar-refractivity contribution in [2.75, 3.05) is 5.75 Å². The van der Waals surface area contributed by atoms with Gasteiger partial charge in [-0.1, -0.05) is 26.0 Å². The smallest absolute Gasteiger partial charge is 0.211 e. The first-order chi connectivity index (χ1) is 10.5. The summed E-state index contributed by atoms with van der Waals surface area (Å²) in [5, 5.41) is 2.75. The zero-order valence-corrected chi connectivity index (χ0v) is 14.4. The highest BCUT2D eigenvalue weighted by Crippen LogP contribution is 2.23. The van der Waals surface area contributed by atoms with E-state index in [1.807, 2.05) is 43.1 Å². The zero-order valence-electron chi connectivity index (χ0n) is 12.8. The maximum atomic E-state index is 12.8. The molecule has 0 aliphatic heterocycles. The summed E-state index contributed by atoms with van der Waals surface area (Å²) in [6, 6.07) is 6.67. The van der Waals surface area contributed by atoms with Gasteiger partial charge in [-0.15, -0.1) is 11.3 Å². The molecule has 0 amide bonds. The van der Waals surface area contributed by atoms with Gasteiger partial charge in [0.1, 0.15) is 11.7 Å². The fourth-order valence-corrected chi connectivity index (χ4v) is 3.36. The predicted molar refractivity (Wildman–Crippen MR) is 94.5 cm³/mol. The highest BCUT2D eigenvalue weighted by molar-refractivity contribution is 7.98. The van der Waals surface area contributed by atoms with Gasteiger partial charge in [-0.25, -0.2) is 14.4 Å². The lowest BCUT2D eigenvalue weighted by molar-refractivity contribution is 0.627. The molecule has 22 heavy (non-hydrogen) atoms. The molecule has 1 aromatic carbocycles. The van der Waals surface area contributed by atoms with Crippen molar-refractivity contribution in [3.63, 3.8) is 0 Å². The molecule has 0 aliphatic rings. The van der Waals surface area contributed by atoms with Crippen molar-refractivity contribution >= 4 is 34.1 Å². The van der Waals surface area contributed by atoms with Gasteiger partial charge in [0.15, 0.2) is 0 Å². The van der Waals surface area contributed by atoms with E-state index in [2.05, 4.69) is 9.98 Å². The van der Waals surface area contributed by atoms with Crippen LogP contribution >= 0.6 is 23.1 Å². The Morgan fingerprint density at radius 3 is 2.77 bits per heavy atom. The van der Waals surface area contributed by atoms with Crippen molar-refractivity contribution in [2.24, 2.45) is 16.6 Å². The molecular weight excluding hydrogens is 317 g/mol. The van der Waals surface area contributed by atoms with Crippen LogP contribution in [0, 0.1) is 11.7 Å². The monoisotopic (exact) mass is 337 g/mol. The number of aliphatic imine (C=N–C) groups is 1. The summed E-state index contributed by atoms with van der Waals surface area (Å²) >= 11 is 3.33. The van der Waals surface area contributed by atoms with Gasteiger partial charge < -0.3 is 5.73 Å². The zero-order chi connectivity index (χ0) is 15.9. The number of hydrogen-bond acceptors (Lipinski definition) is 4. The molecule has 0 spiro atoms. The molecule has 0 unspecified atom stereocenters. The first-order valence-electron chi connectivity index (χ1n) is 7.15. The van der Waals surface area contributed by atoms with Crippen molar-refractivity contribution in [1.82, 2.24) is 4.98 Å². The van der Waals surface area contributed by atoms with Crippen molar-refractivity contribution in [3.8, 4) is 0 Å². The van der Waals surface area contributed by atoms with E-state index >= 15 is 0 Å². The Bertz CT molecular complexity index is 621. The van der Waals surface area contributed by atoms with Crippen LogP contribution in [0.25, 0.3) is 0 Å². The second kappa shape index (κ2) is 8.29. The van der Waals surface area contributed by atoms with E-state index in [0.717, 1.165) is 34.3 Å². The van der Waals surface area contributed by atoms with E-state index in [9.17, 15) is 4.39 Å².